The molecule has 98 valence electrons. The van der Waals surface area contributed by atoms with Gasteiger partial charge in [0.1, 0.15) is 0 Å². The summed E-state index contributed by atoms with van der Waals surface area (Å²) in [5.41, 5.74) is 0. The molecule has 0 heterocycles. The summed E-state index contributed by atoms with van der Waals surface area (Å²) >= 11 is 0.967. The van der Waals surface area contributed by atoms with E-state index in [0.29, 0.717) is 12.5 Å². The van der Waals surface area contributed by atoms with E-state index in [0.717, 1.165) is 11.8 Å². The van der Waals surface area contributed by atoms with E-state index in [4.69, 9.17) is 5.11 Å². The third-order valence-electron chi connectivity index (χ3n) is 1.74. The van der Waals surface area contributed by atoms with Gasteiger partial charge in [-0.3, -0.25) is 14.9 Å². The maximum atomic E-state index is 11.2. The van der Waals surface area contributed by atoms with Crippen LogP contribution in [0.25, 0.3) is 0 Å². The summed E-state index contributed by atoms with van der Waals surface area (Å²) in [5.74, 6) is -1.23. The molecule has 0 aliphatic carbocycles. The fourth-order valence-electron chi connectivity index (χ4n) is 0.776. The Hall–Kier alpha value is -1.24. The summed E-state index contributed by atoms with van der Waals surface area (Å²) < 4.78 is 0. The van der Waals surface area contributed by atoms with Gasteiger partial charge in [0.05, 0.1) is 11.0 Å². The Morgan fingerprint density at radius 3 is 2.29 bits per heavy atom. The average Bonchev–Trinajstić information content (AvgIpc) is 2.22. The lowest BCUT2D eigenvalue weighted by Gasteiger charge is -2.09. The first kappa shape index (κ1) is 15.8. The Kier molecular flexibility index (Phi) is 7.36. The van der Waals surface area contributed by atoms with Gasteiger partial charge in [-0.2, -0.15) is 0 Å². The third-order valence-corrected chi connectivity index (χ3v) is 2.87. The maximum Gasteiger partial charge on any atom is 0.321 e. The van der Waals surface area contributed by atoms with Crippen LogP contribution in [0.5, 0.6) is 0 Å². The van der Waals surface area contributed by atoms with Crippen molar-refractivity contribution in [2.75, 3.05) is 12.3 Å². The quantitative estimate of drug-likeness (QED) is 0.654. The Morgan fingerprint density at radius 2 is 1.82 bits per heavy atom. The first-order chi connectivity index (χ1) is 7.82. The number of carbonyl (C=O) groups is 3. The van der Waals surface area contributed by atoms with Gasteiger partial charge in [0.15, 0.2) is 0 Å². The van der Waals surface area contributed by atoms with Gasteiger partial charge >= 0.3 is 12.0 Å². The number of aliphatic carboxylic acids is 1. The monoisotopic (exact) mass is 262 g/mol. The molecular formula is C10H18N2O4S. The molecule has 7 heteroatoms. The molecular weight excluding hydrogens is 244 g/mol. The first-order valence-electron chi connectivity index (χ1n) is 5.25. The number of amides is 3. The number of imide groups is 1. The van der Waals surface area contributed by atoms with Gasteiger partial charge in [0, 0.05) is 6.54 Å². The standard InChI is InChI=1S/C10H18N2O4S/c1-6(2)4-11-10(16)12-8(13)5-17-7(3)9(14)15/h6-7H,4-5H2,1-3H3,(H,14,15)(H2,11,12,13,16). The lowest BCUT2D eigenvalue weighted by atomic mass is 10.2. The third kappa shape index (κ3) is 8.56. The van der Waals surface area contributed by atoms with Crippen molar-refractivity contribution in [2.45, 2.75) is 26.0 Å². The molecule has 0 aromatic carbocycles. The maximum absolute atomic E-state index is 11.2. The Balaban J connectivity index is 3.79. The lowest BCUT2D eigenvalue weighted by Crippen LogP contribution is -2.41. The van der Waals surface area contributed by atoms with Crippen molar-refractivity contribution in [3.05, 3.63) is 0 Å². The zero-order chi connectivity index (χ0) is 13.4. The van der Waals surface area contributed by atoms with Crippen molar-refractivity contribution in [2.24, 2.45) is 5.92 Å². The molecule has 3 N–H and O–H groups in total. The fourth-order valence-corrected chi connectivity index (χ4v) is 1.39. The molecule has 0 bridgehead atoms. The van der Waals surface area contributed by atoms with Crippen LogP contribution in [0, 0.1) is 5.92 Å². The van der Waals surface area contributed by atoms with Crippen LogP contribution in [0.1, 0.15) is 20.8 Å². The van der Waals surface area contributed by atoms with E-state index in [-0.39, 0.29) is 5.75 Å². The molecule has 0 saturated heterocycles. The van der Waals surface area contributed by atoms with Crippen molar-refractivity contribution < 1.29 is 19.5 Å². The van der Waals surface area contributed by atoms with Gasteiger partial charge in [-0.05, 0) is 12.8 Å². The van der Waals surface area contributed by atoms with Gasteiger partial charge in [-0.15, -0.1) is 11.8 Å². The number of carboxylic acid groups (broad SMARTS) is 1. The second-order valence-corrected chi connectivity index (χ2v) is 5.27. The van der Waals surface area contributed by atoms with Crippen LogP contribution in [0.3, 0.4) is 0 Å². The Bertz CT molecular complexity index is 294. The topological polar surface area (TPSA) is 95.5 Å². The van der Waals surface area contributed by atoms with Gasteiger partial charge in [-0.1, -0.05) is 13.8 Å². The van der Waals surface area contributed by atoms with E-state index in [2.05, 4.69) is 10.6 Å². The second-order valence-electron chi connectivity index (χ2n) is 3.94. The molecule has 0 aliphatic rings. The molecule has 0 aromatic rings. The zero-order valence-corrected chi connectivity index (χ0v) is 11.0. The minimum absolute atomic E-state index is 0.0530. The molecule has 0 rings (SSSR count). The molecule has 0 spiro atoms. The van der Waals surface area contributed by atoms with Crippen LogP contribution in [0.2, 0.25) is 0 Å². The highest BCUT2D eigenvalue weighted by Crippen LogP contribution is 2.09. The molecule has 3 amide bonds. The second kappa shape index (κ2) is 7.94. The van der Waals surface area contributed by atoms with Crippen molar-refractivity contribution in [3.8, 4) is 0 Å². The molecule has 1 atom stereocenters. The van der Waals surface area contributed by atoms with Gasteiger partial charge < -0.3 is 10.4 Å². The Labute approximate surface area is 105 Å². The van der Waals surface area contributed by atoms with Gasteiger partial charge in [-0.25, -0.2) is 4.79 Å². The summed E-state index contributed by atoms with van der Waals surface area (Å²) in [5, 5.41) is 12.6. The van der Waals surface area contributed by atoms with E-state index < -0.39 is 23.2 Å². The number of thioether (sulfide) groups is 1. The number of carboxylic acids is 1. The molecule has 1 unspecified atom stereocenters. The largest absolute Gasteiger partial charge is 0.480 e. The van der Waals surface area contributed by atoms with Crippen molar-refractivity contribution in [1.29, 1.82) is 0 Å². The highest BCUT2D eigenvalue weighted by molar-refractivity contribution is 8.01. The number of hydrogen-bond acceptors (Lipinski definition) is 4. The molecule has 0 aliphatic heterocycles. The van der Waals surface area contributed by atoms with Gasteiger partial charge in [0.2, 0.25) is 5.91 Å². The number of hydrogen-bond donors (Lipinski definition) is 3. The first-order valence-corrected chi connectivity index (χ1v) is 6.30. The van der Waals surface area contributed by atoms with Crippen molar-refractivity contribution >= 4 is 29.7 Å². The predicted octanol–water partition coefficient (Wildman–Crippen LogP) is 0.674. The Morgan fingerprint density at radius 1 is 1.24 bits per heavy atom. The van der Waals surface area contributed by atoms with Crippen molar-refractivity contribution in [3.63, 3.8) is 0 Å². The number of carbonyl (C=O) groups excluding carboxylic acids is 2. The number of rotatable bonds is 6. The van der Waals surface area contributed by atoms with Gasteiger partial charge in [0.25, 0.3) is 0 Å². The molecule has 0 aromatic heterocycles. The van der Waals surface area contributed by atoms with E-state index in [9.17, 15) is 14.4 Å². The highest BCUT2D eigenvalue weighted by atomic mass is 32.2. The summed E-state index contributed by atoms with van der Waals surface area (Å²) in [6.07, 6.45) is 0. The van der Waals surface area contributed by atoms with Crippen LogP contribution in [-0.2, 0) is 9.59 Å². The lowest BCUT2D eigenvalue weighted by molar-refractivity contribution is -0.136. The summed E-state index contributed by atoms with van der Waals surface area (Å²) in [6, 6.07) is -0.549. The summed E-state index contributed by atoms with van der Waals surface area (Å²) in [7, 11) is 0. The average molecular weight is 262 g/mol. The van der Waals surface area contributed by atoms with Crippen LogP contribution in [0.4, 0.5) is 4.79 Å². The summed E-state index contributed by atoms with van der Waals surface area (Å²) in [4.78, 5) is 32.9. The normalized spacial score (nSPS) is 12.0. The van der Waals surface area contributed by atoms with Crippen LogP contribution >= 0.6 is 11.8 Å². The fraction of sp³-hybridized carbons (Fsp3) is 0.700. The van der Waals surface area contributed by atoms with E-state index in [1.165, 1.54) is 6.92 Å². The smallest absolute Gasteiger partial charge is 0.321 e. The number of urea groups is 1. The minimum Gasteiger partial charge on any atom is -0.480 e. The number of nitrogens with one attached hydrogen (secondary N) is 2. The van der Waals surface area contributed by atoms with Crippen molar-refractivity contribution in [1.82, 2.24) is 10.6 Å². The van der Waals surface area contributed by atoms with Crippen LogP contribution in [-0.4, -0.2) is 40.6 Å². The van der Waals surface area contributed by atoms with Crippen LogP contribution in [0.15, 0.2) is 0 Å². The predicted molar refractivity (Wildman–Crippen MR) is 65.9 cm³/mol. The molecule has 6 nitrogen and oxygen atoms in total. The molecule has 17 heavy (non-hydrogen) atoms. The van der Waals surface area contributed by atoms with E-state index in [1.807, 2.05) is 13.8 Å². The minimum atomic E-state index is -0.980. The van der Waals surface area contributed by atoms with E-state index in [1.54, 1.807) is 0 Å². The zero-order valence-electron chi connectivity index (χ0n) is 10.1. The molecule has 0 fully saturated rings. The highest BCUT2D eigenvalue weighted by Gasteiger charge is 2.14. The molecule has 0 saturated carbocycles. The summed E-state index contributed by atoms with van der Waals surface area (Å²) in [6.45, 7) is 5.84. The van der Waals surface area contributed by atoms with Crippen LogP contribution < -0.4 is 10.6 Å². The SMILES string of the molecule is CC(C)CNC(=O)NC(=O)CSC(C)C(=O)O. The van der Waals surface area contributed by atoms with E-state index >= 15 is 0 Å². The molecule has 0 radical (unpaired) electrons.